The van der Waals surface area contributed by atoms with Crippen LogP contribution in [0.25, 0.3) is 11.5 Å². The van der Waals surface area contributed by atoms with Crippen molar-refractivity contribution in [3.8, 4) is 11.5 Å². The molecule has 0 fully saturated rings. The summed E-state index contributed by atoms with van der Waals surface area (Å²) >= 11 is 6.16. The van der Waals surface area contributed by atoms with E-state index in [1.54, 1.807) is 12.1 Å². The fourth-order valence-corrected chi connectivity index (χ4v) is 2.74. The Kier molecular flexibility index (Phi) is 7.53. The molecule has 8 nitrogen and oxygen atoms in total. The summed E-state index contributed by atoms with van der Waals surface area (Å²) in [6.45, 7) is 8.49. The highest BCUT2D eigenvalue weighted by Gasteiger charge is 2.19. The van der Waals surface area contributed by atoms with Crippen molar-refractivity contribution in [3.05, 3.63) is 35.2 Å². The van der Waals surface area contributed by atoms with E-state index in [1.165, 1.54) is 0 Å². The van der Waals surface area contributed by atoms with Gasteiger partial charge in [0, 0.05) is 5.54 Å². The first-order valence-corrected chi connectivity index (χ1v) is 9.47. The minimum absolute atomic E-state index is 0.0369. The first kappa shape index (κ1) is 21.8. The number of carbonyl (C=O) groups excluding carboxylic acids is 2. The molecule has 2 N–H and O–H groups in total. The molecule has 1 heterocycles. The van der Waals surface area contributed by atoms with E-state index in [-0.39, 0.29) is 6.54 Å². The maximum absolute atomic E-state index is 12.2. The number of urea groups is 1. The van der Waals surface area contributed by atoms with Gasteiger partial charge >= 0.3 is 6.03 Å². The van der Waals surface area contributed by atoms with Gasteiger partial charge in [-0.1, -0.05) is 30.7 Å². The molecule has 1 aromatic heterocycles. The van der Waals surface area contributed by atoms with Crippen molar-refractivity contribution in [2.45, 2.75) is 46.2 Å². The van der Waals surface area contributed by atoms with Crippen molar-refractivity contribution in [1.82, 2.24) is 25.7 Å². The number of nitrogens with zero attached hydrogens (tertiary/aromatic N) is 3. The third-order valence-corrected chi connectivity index (χ3v) is 3.91. The zero-order valence-corrected chi connectivity index (χ0v) is 17.3. The molecule has 0 aliphatic carbocycles. The molecule has 0 atom stereocenters. The van der Waals surface area contributed by atoms with Crippen molar-refractivity contribution >= 4 is 23.5 Å². The summed E-state index contributed by atoms with van der Waals surface area (Å²) < 4.78 is 5.70. The zero-order valence-electron chi connectivity index (χ0n) is 16.6. The average molecular weight is 408 g/mol. The summed E-state index contributed by atoms with van der Waals surface area (Å²) in [6, 6.07) is 6.68. The van der Waals surface area contributed by atoms with Crippen LogP contribution in [-0.4, -0.2) is 45.7 Å². The molecule has 0 radical (unpaired) electrons. The Labute approximate surface area is 169 Å². The standard InChI is InChI=1S/C19H26ClN5O3/c1-5-10-25(11-15(26)21-18(27)22-19(2,3)4)12-16-23-24-17(28-16)13-8-6-7-9-14(13)20/h6-9H,5,10-12H2,1-4H3,(H2,21,22,26,27). The molecule has 0 spiro atoms. The summed E-state index contributed by atoms with van der Waals surface area (Å²) in [7, 11) is 0. The van der Waals surface area contributed by atoms with Gasteiger partial charge in [0.05, 0.1) is 23.7 Å². The quantitative estimate of drug-likeness (QED) is 0.730. The van der Waals surface area contributed by atoms with Crippen molar-refractivity contribution in [1.29, 1.82) is 0 Å². The number of carbonyl (C=O) groups is 2. The molecule has 0 saturated heterocycles. The maximum Gasteiger partial charge on any atom is 0.321 e. The van der Waals surface area contributed by atoms with E-state index >= 15 is 0 Å². The Morgan fingerprint density at radius 1 is 1.21 bits per heavy atom. The van der Waals surface area contributed by atoms with Crippen molar-refractivity contribution < 1.29 is 14.0 Å². The topological polar surface area (TPSA) is 100 Å². The summed E-state index contributed by atoms with van der Waals surface area (Å²) in [5.74, 6) is 0.294. The van der Waals surface area contributed by atoms with E-state index in [2.05, 4.69) is 20.8 Å². The van der Waals surface area contributed by atoms with E-state index in [4.69, 9.17) is 16.0 Å². The molecule has 28 heavy (non-hydrogen) atoms. The highest BCUT2D eigenvalue weighted by molar-refractivity contribution is 6.33. The highest BCUT2D eigenvalue weighted by atomic mass is 35.5. The average Bonchev–Trinajstić information content (AvgIpc) is 3.01. The SMILES string of the molecule is CCCN(CC(=O)NC(=O)NC(C)(C)C)Cc1nnc(-c2ccccc2Cl)o1. The number of rotatable bonds is 7. The molecule has 9 heteroatoms. The minimum Gasteiger partial charge on any atom is -0.419 e. The first-order valence-electron chi connectivity index (χ1n) is 9.09. The summed E-state index contributed by atoms with van der Waals surface area (Å²) in [5, 5.41) is 13.6. The molecular weight excluding hydrogens is 382 g/mol. The largest absolute Gasteiger partial charge is 0.419 e. The second kappa shape index (κ2) is 9.66. The van der Waals surface area contributed by atoms with Gasteiger partial charge in [0.1, 0.15) is 0 Å². The van der Waals surface area contributed by atoms with Crippen LogP contribution in [0.5, 0.6) is 0 Å². The molecular formula is C19H26ClN5O3. The number of aromatic nitrogens is 2. The number of nitrogens with one attached hydrogen (secondary N) is 2. The molecule has 0 saturated carbocycles. The molecule has 0 unspecified atom stereocenters. The fraction of sp³-hybridized carbons (Fsp3) is 0.474. The van der Waals surface area contributed by atoms with Gasteiger partial charge in [-0.3, -0.25) is 15.0 Å². The Bertz CT molecular complexity index is 816. The third kappa shape index (κ3) is 6.94. The van der Waals surface area contributed by atoms with Gasteiger partial charge in [-0.25, -0.2) is 4.79 Å². The van der Waals surface area contributed by atoms with Crippen LogP contribution in [0.15, 0.2) is 28.7 Å². The van der Waals surface area contributed by atoms with Gasteiger partial charge in [0.2, 0.25) is 17.7 Å². The van der Waals surface area contributed by atoms with Crippen LogP contribution in [0.4, 0.5) is 4.79 Å². The Hall–Kier alpha value is -2.45. The first-order chi connectivity index (χ1) is 13.2. The lowest BCUT2D eigenvalue weighted by atomic mass is 10.1. The van der Waals surface area contributed by atoms with E-state index in [1.807, 2.05) is 44.7 Å². The van der Waals surface area contributed by atoms with E-state index < -0.39 is 17.5 Å². The molecule has 152 valence electrons. The molecule has 0 bridgehead atoms. The van der Waals surface area contributed by atoms with Crippen LogP contribution in [0.3, 0.4) is 0 Å². The van der Waals surface area contributed by atoms with Crippen LogP contribution in [-0.2, 0) is 11.3 Å². The number of halogens is 1. The number of amides is 3. The van der Waals surface area contributed by atoms with E-state index in [0.717, 1.165) is 6.42 Å². The number of benzene rings is 1. The zero-order chi connectivity index (χ0) is 20.7. The van der Waals surface area contributed by atoms with Crippen molar-refractivity contribution in [2.24, 2.45) is 0 Å². The minimum atomic E-state index is -0.521. The third-order valence-electron chi connectivity index (χ3n) is 3.58. The van der Waals surface area contributed by atoms with Gasteiger partial charge in [0.25, 0.3) is 0 Å². The summed E-state index contributed by atoms with van der Waals surface area (Å²) in [5.41, 5.74) is 0.230. The number of hydrogen-bond acceptors (Lipinski definition) is 6. The molecule has 0 aliphatic heterocycles. The lowest BCUT2D eigenvalue weighted by molar-refractivity contribution is -0.121. The van der Waals surface area contributed by atoms with Crippen LogP contribution in [0.2, 0.25) is 5.02 Å². The monoisotopic (exact) mass is 407 g/mol. The van der Waals surface area contributed by atoms with Crippen LogP contribution in [0, 0.1) is 0 Å². The van der Waals surface area contributed by atoms with Crippen LogP contribution >= 0.6 is 11.6 Å². The van der Waals surface area contributed by atoms with Crippen molar-refractivity contribution in [2.75, 3.05) is 13.1 Å². The van der Waals surface area contributed by atoms with Crippen molar-refractivity contribution in [3.63, 3.8) is 0 Å². The summed E-state index contributed by atoms with van der Waals surface area (Å²) in [6.07, 6.45) is 0.826. The van der Waals surface area contributed by atoms with E-state index in [0.29, 0.717) is 35.5 Å². The van der Waals surface area contributed by atoms with Gasteiger partial charge in [-0.05, 0) is 45.9 Å². The van der Waals surface area contributed by atoms with Gasteiger partial charge < -0.3 is 9.73 Å². The second-order valence-corrected chi connectivity index (χ2v) is 7.85. The Morgan fingerprint density at radius 2 is 1.93 bits per heavy atom. The van der Waals surface area contributed by atoms with Gasteiger partial charge in [-0.2, -0.15) is 0 Å². The maximum atomic E-state index is 12.2. The van der Waals surface area contributed by atoms with Gasteiger partial charge in [-0.15, -0.1) is 10.2 Å². The molecule has 2 aromatic rings. The lowest BCUT2D eigenvalue weighted by Gasteiger charge is -2.22. The predicted molar refractivity (Wildman–Crippen MR) is 107 cm³/mol. The Morgan fingerprint density at radius 3 is 2.57 bits per heavy atom. The number of hydrogen-bond donors (Lipinski definition) is 2. The Balaban J connectivity index is 1.98. The highest BCUT2D eigenvalue weighted by Crippen LogP contribution is 2.26. The van der Waals surface area contributed by atoms with E-state index in [9.17, 15) is 9.59 Å². The molecule has 3 amide bonds. The lowest BCUT2D eigenvalue weighted by Crippen LogP contribution is -2.50. The van der Waals surface area contributed by atoms with Crippen LogP contribution < -0.4 is 10.6 Å². The van der Waals surface area contributed by atoms with Gasteiger partial charge in [0.15, 0.2) is 0 Å². The van der Waals surface area contributed by atoms with Crippen LogP contribution in [0.1, 0.15) is 40.0 Å². The molecule has 0 aliphatic rings. The predicted octanol–water partition coefficient (Wildman–Crippen LogP) is 3.23. The molecule has 2 rings (SSSR count). The molecule has 1 aromatic carbocycles. The summed E-state index contributed by atoms with van der Waals surface area (Å²) in [4.78, 5) is 25.9. The fourth-order valence-electron chi connectivity index (χ4n) is 2.52. The number of imide groups is 1. The normalized spacial score (nSPS) is 11.5. The second-order valence-electron chi connectivity index (χ2n) is 7.44. The smallest absolute Gasteiger partial charge is 0.321 e.